The summed E-state index contributed by atoms with van der Waals surface area (Å²) in [6.45, 7) is 4.41. The van der Waals surface area contributed by atoms with Crippen molar-refractivity contribution in [3.05, 3.63) is 94.1 Å². The van der Waals surface area contributed by atoms with Gasteiger partial charge in [-0.15, -0.1) is 6.42 Å². The Kier molecular flexibility index (Phi) is 10.4. The fourth-order valence-corrected chi connectivity index (χ4v) is 5.42. The number of aryl methyl sites for hydroxylation is 1. The number of primary amides is 1. The molecule has 40 heavy (non-hydrogen) atoms. The molecule has 2 amide bonds. The number of allylic oxidation sites excluding steroid dienone is 2. The van der Waals surface area contributed by atoms with E-state index in [0.717, 1.165) is 18.1 Å². The van der Waals surface area contributed by atoms with Crippen LogP contribution in [0.3, 0.4) is 0 Å². The van der Waals surface area contributed by atoms with Crippen LogP contribution in [0.2, 0.25) is 0 Å². The van der Waals surface area contributed by atoms with Crippen molar-refractivity contribution in [2.45, 2.75) is 45.8 Å². The number of aliphatic hydroxyl groups is 1. The molecule has 2 aromatic carbocycles. The van der Waals surface area contributed by atoms with E-state index in [4.69, 9.17) is 12.2 Å². The molecule has 0 aromatic heterocycles. The number of hydrogen-bond donors (Lipinski definition) is 3. The fourth-order valence-electron chi connectivity index (χ4n) is 5.42. The third kappa shape index (κ3) is 7.44. The van der Waals surface area contributed by atoms with Gasteiger partial charge in [0, 0.05) is 37.7 Å². The van der Waals surface area contributed by atoms with Crippen LogP contribution in [-0.4, -0.2) is 48.1 Å². The summed E-state index contributed by atoms with van der Waals surface area (Å²) in [7, 11) is 1.56. The van der Waals surface area contributed by atoms with Crippen LogP contribution in [0, 0.1) is 35.3 Å². The van der Waals surface area contributed by atoms with Gasteiger partial charge in [0.25, 0.3) is 0 Å². The molecule has 0 saturated carbocycles. The minimum absolute atomic E-state index is 0.0583. The van der Waals surface area contributed by atoms with Gasteiger partial charge < -0.3 is 21.1 Å². The molecule has 0 spiro atoms. The maximum Gasteiger partial charge on any atom is 0.250 e. The van der Waals surface area contributed by atoms with Gasteiger partial charge in [-0.1, -0.05) is 54.8 Å². The highest BCUT2D eigenvalue weighted by atomic mass is 19.1. The van der Waals surface area contributed by atoms with E-state index in [1.54, 1.807) is 26.1 Å². The minimum atomic E-state index is -1.51. The Bertz CT molecular complexity index is 1330. The number of terminal acetylenes is 1. The van der Waals surface area contributed by atoms with Crippen molar-refractivity contribution in [1.82, 2.24) is 10.2 Å². The quantitative estimate of drug-likeness (QED) is 0.352. The molecule has 1 unspecified atom stereocenters. The van der Waals surface area contributed by atoms with Crippen molar-refractivity contribution in [2.75, 3.05) is 20.1 Å². The summed E-state index contributed by atoms with van der Waals surface area (Å²) in [6, 6.07) is 11.1. The Morgan fingerprint density at radius 3 is 2.48 bits per heavy atom. The highest BCUT2D eigenvalue weighted by molar-refractivity contribution is 5.96. The fraction of sp³-hybridized carbons (Fsp3) is 0.375. The zero-order chi connectivity index (χ0) is 29.4. The van der Waals surface area contributed by atoms with Gasteiger partial charge >= 0.3 is 0 Å². The Labute approximate surface area is 234 Å². The summed E-state index contributed by atoms with van der Waals surface area (Å²) < 4.78 is 28.3. The van der Waals surface area contributed by atoms with E-state index in [2.05, 4.69) is 24.2 Å². The molecule has 6 nitrogen and oxygen atoms in total. The second kappa shape index (κ2) is 13.5. The molecule has 1 aliphatic carbocycles. The average molecular weight is 550 g/mol. The summed E-state index contributed by atoms with van der Waals surface area (Å²) in [5, 5.41) is 14.8. The van der Waals surface area contributed by atoms with Crippen molar-refractivity contribution in [3.63, 3.8) is 0 Å². The molecule has 0 saturated heterocycles. The normalized spacial score (nSPS) is 18.2. The van der Waals surface area contributed by atoms with Gasteiger partial charge in [0.05, 0.1) is 18.1 Å². The standard InChI is InChI=1S/C32H37F2N3O3/c1-5-10-37(4)30(39)25-11-21(3)17-32(18-25,31(35)40)28(15-24-13-26(33)16-27(34)14-24)29(38)20-36-19-23-9-7-8-22(6-2)12-23/h1,7-9,11-14,16-17,28-29,36,38H,6,10,15,18-20H2,2-4H3,(H2,35,40)/t28-,29+,32?/m1/s1. The van der Waals surface area contributed by atoms with Crippen LogP contribution >= 0.6 is 0 Å². The van der Waals surface area contributed by atoms with Crippen molar-refractivity contribution in [1.29, 1.82) is 0 Å². The van der Waals surface area contributed by atoms with Gasteiger partial charge in [-0.3, -0.25) is 9.59 Å². The first-order valence-electron chi connectivity index (χ1n) is 13.3. The molecular formula is C32H37F2N3O3. The largest absolute Gasteiger partial charge is 0.391 e. The van der Waals surface area contributed by atoms with Crippen molar-refractivity contribution in [3.8, 4) is 12.3 Å². The number of aliphatic hydroxyl groups excluding tert-OH is 1. The predicted octanol–water partition coefficient (Wildman–Crippen LogP) is 3.68. The second-order valence-corrected chi connectivity index (χ2v) is 10.5. The first-order valence-corrected chi connectivity index (χ1v) is 13.3. The van der Waals surface area contributed by atoms with Gasteiger partial charge in [0.1, 0.15) is 11.6 Å². The molecule has 0 bridgehead atoms. The number of benzene rings is 2. The predicted molar refractivity (Wildman–Crippen MR) is 152 cm³/mol. The third-order valence-corrected chi connectivity index (χ3v) is 7.37. The molecule has 0 fully saturated rings. The number of hydrogen-bond acceptors (Lipinski definition) is 4. The summed E-state index contributed by atoms with van der Waals surface area (Å²) in [6.07, 6.45) is 8.28. The molecule has 2 aromatic rings. The Balaban J connectivity index is 1.97. The van der Waals surface area contributed by atoms with E-state index in [0.29, 0.717) is 17.7 Å². The van der Waals surface area contributed by atoms with E-state index in [1.165, 1.54) is 22.6 Å². The smallest absolute Gasteiger partial charge is 0.250 e. The zero-order valence-electron chi connectivity index (χ0n) is 23.2. The molecule has 0 heterocycles. The molecular weight excluding hydrogens is 512 g/mol. The van der Waals surface area contributed by atoms with Crippen LogP contribution < -0.4 is 11.1 Å². The maximum atomic E-state index is 14.1. The number of rotatable bonds is 12. The van der Waals surface area contributed by atoms with E-state index < -0.39 is 35.0 Å². The van der Waals surface area contributed by atoms with Gasteiger partial charge in [0.15, 0.2) is 0 Å². The lowest BCUT2D eigenvalue weighted by Gasteiger charge is -2.41. The van der Waals surface area contributed by atoms with Crippen LogP contribution in [0.15, 0.2) is 65.8 Å². The van der Waals surface area contributed by atoms with Crippen LogP contribution in [-0.2, 0) is 29.0 Å². The molecule has 8 heteroatoms. The lowest BCUT2D eigenvalue weighted by atomic mass is 9.63. The number of carbonyl (C=O) groups excluding carboxylic acids is 2. The number of nitrogens with two attached hydrogens (primary N) is 1. The number of likely N-dealkylation sites (N-methyl/N-ethyl adjacent to an activating group) is 1. The summed E-state index contributed by atoms with van der Waals surface area (Å²) in [5.41, 5.74) is 7.89. The van der Waals surface area contributed by atoms with Crippen LogP contribution in [0.25, 0.3) is 0 Å². The summed E-state index contributed by atoms with van der Waals surface area (Å²) >= 11 is 0. The van der Waals surface area contributed by atoms with Gasteiger partial charge in [-0.05, 0) is 55.0 Å². The molecule has 4 N–H and O–H groups in total. The van der Waals surface area contributed by atoms with Gasteiger partial charge in [-0.2, -0.15) is 0 Å². The Hall–Kier alpha value is -3.80. The van der Waals surface area contributed by atoms with Crippen LogP contribution in [0.5, 0.6) is 0 Å². The molecule has 212 valence electrons. The highest BCUT2D eigenvalue weighted by Crippen LogP contribution is 2.44. The molecule has 0 radical (unpaired) electrons. The summed E-state index contributed by atoms with van der Waals surface area (Å²) in [4.78, 5) is 27.8. The Morgan fingerprint density at radius 1 is 1.18 bits per heavy atom. The third-order valence-electron chi connectivity index (χ3n) is 7.37. The minimum Gasteiger partial charge on any atom is -0.391 e. The van der Waals surface area contributed by atoms with Gasteiger partial charge in [0.2, 0.25) is 11.8 Å². The van der Waals surface area contributed by atoms with E-state index in [1.807, 2.05) is 18.2 Å². The number of carbonyl (C=O) groups is 2. The molecule has 3 rings (SSSR count). The second-order valence-electron chi connectivity index (χ2n) is 10.5. The number of amides is 2. The Morgan fingerprint density at radius 2 is 1.85 bits per heavy atom. The maximum absolute atomic E-state index is 14.1. The van der Waals surface area contributed by atoms with Gasteiger partial charge in [-0.25, -0.2) is 8.78 Å². The number of halogens is 2. The van der Waals surface area contributed by atoms with Crippen LogP contribution in [0.4, 0.5) is 8.78 Å². The topological polar surface area (TPSA) is 95.7 Å². The van der Waals surface area contributed by atoms with Crippen molar-refractivity contribution >= 4 is 11.8 Å². The van der Waals surface area contributed by atoms with Crippen LogP contribution in [0.1, 0.15) is 37.0 Å². The lowest BCUT2D eigenvalue weighted by molar-refractivity contribution is -0.131. The average Bonchev–Trinajstić information content (AvgIpc) is 2.90. The first kappa shape index (κ1) is 30.7. The molecule has 0 aliphatic heterocycles. The number of nitrogens with one attached hydrogen (secondary N) is 1. The zero-order valence-corrected chi connectivity index (χ0v) is 23.2. The van der Waals surface area contributed by atoms with Crippen molar-refractivity contribution < 1.29 is 23.5 Å². The summed E-state index contributed by atoms with van der Waals surface area (Å²) in [5.74, 6) is -1.15. The SMILES string of the molecule is C#CCN(C)C(=O)C1=CC(C)=CC(C(N)=O)([C@H](Cc2cc(F)cc(F)c2)[C@@H](O)CNCc2cccc(CC)c2)C1. The highest BCUT2D eigenvalue weighted by Gasteiger charge is 2.48. The van der Waals surface area contributed by atoms with E-state index >= 15 is 0 Å². The molecule has 3 atom stereocenters. The van der Waals surface area contributed by atoms with Crippen molar-refractivity contribution in [2.24, 2.45) is 17.1 Å². The number of nitrogens with zero attached hydrogens (tertiary/aromatic N) is 1. The monoisotopic (exact) mass is 549 g/mol. The van der Waals surface area contributed by atoms with E-state index in [9.17, 15) is 23.5 Å². The van der Waals surface area contributed by atoms with E-state index in [-0.39, 0.29) is 37.4 Å². The lowest BCUT2D eigenvalue weighted by Crippen LogP contribution is -2.51. The first-order chi connectivity index (χ1) is 19.0. The molecule has 1 aliphatic rings.